The highest BCUT2D eigenvalue weighted by Gasteiger charge is 2.16. The van der Waals surface area contributed by atoms with Gasteiger partial charge in [-0.2, -0.15) is 10.2 Å². The van der Waals surface area contributed by atoms with Crippen molar-refractivity contribution in [3.8, 4) is 0 Å². The molecule has 0 aromatic carbocycles. The summed E-state index contributed by atoms with van der Waals surface area (Å²) in [5.74, 6) is -0.408. The Kier molecular flexibility index (Phi) is 3.10. The minimum atomic E-state index is -0.549. The van der Waals surface area contributed by atoms with Crippen LogP contribution in [-0.2, 0) is 0 Å². The molecule has 4 nitrogen and oxygen atoms in total. The summed E-state index contributed by atoms with van der Waals surface area (Å²) in [4.78, 5) is 3.70. The highest BCUT2D eigenvalue weighted by atomic mass is 19.1. The second kappa shape index (κ2) is 4.55. The van der Waals surface area contributed by atoms with E-state index >= 15 is 0 Å². The van der Waals surface area contributed by atoms with Crippen molar-refractivity contribution in [1.29, 1.82) is 0 Å². The fourth-order valence-corrected chi connectivity index (χ4v) is 1.69. The number of rotatable bonds is 2. The Balaban J connectivity index is 2.47. The van der Waals surface area contributed by atoms with Crippen molar-refractivity contribution in [3.63, 3.8) is 0 Å². The number of halogens is 1. The highest BCUT2D eigenvalue weighted by molar-refractivity contribution is 5.33. The first-order valence-electron chi connectivity index (χ1n) is 5.25. The largest absolute Gasteiger partial charge is 0.320 e. The number of aryl methyl sites for hydroxylation is 2. The maximum Gasteiger partial charge on any atom is 0.146 e. The van der Waals surface area contributed by atoms with Crippen LogP contribution in [0.4, 0.5) is 4.39 Å². The lowest BCUT2D eigenvalue weighted by atomic mass is 9.99. The summed E-state index contributed by atoms with van der Waals surface area (Å²) < 4.78 is 13.6. The molecule has 0 saturated carbocycles. The van der Waals surface area contributed by atoms with E-state index in [1.807, 2.05) is 13.0 Å². The van der Waals surface area contributed by atoms with Crippen molar-refractivity contribution in [3.05, 3.63) is 52.9 Å². The van der Waals surface area contributed by atoms with Gasteiger partial charge in [0.25, 0.3) is 0 Å². The fraction of sp³-hybridized carbons (Fsp3) is 0.250. The molecule has 17 heavy (non-hydrogen) atoms. The Morgan fingerprint density at radius 3 is 2.71 bits per heavy atom. The summed E-state index contributed by atoms with van der Waals surface area (Å²) in [7, 11) is 0. The van der Waals surface area contributed by atoms with Gasteiger partial charge >= 0.3 is 0 Å². The third-order valence-corrected chi connectivity index (χ3v) is 2.61. The van der Waals surface area contributed by atoms with Gasteiger partial charge in [-0.3, -0.25) is 4.98 Å². The van der Waals surface area contributed by atoms with Crippen LogP contribution in [0.1, 0.15) is 28.6 Å². The van der Waals surface area contributed by atoms with Gasteiger partial charge in [0.2, 0.25) is 0 Å². The molecule has 0 aliphatic carbocycles. The first-order valence-corrected chi connectivity index (χ1v) is 5.25. The number of pyridine rings is 1. The molecule has 2 rings (SSSR count). The molecule has 5 heteroatoms. The molecule has 2 aromatic rings. The van der Waals surface area contributed by atoms with Crippen LogP contribution in [0.3, 0.4) is 0 Å². The zero-order valence-corrected chi connectivity index (χ0v) is 9.68. The maximum atomic E-state index is 13.6. The quantitative estimate of drug-likeness (QED) is 0.855. The molecule has 88 valence electrons. The van der Waals surface area contributed by atoms with E-state index in [0.29, 0.717) is 11.3 Å². The molecule has 0 spiro atoms. The Hall–Kier alpha value is -1.88. The number of hydrogen-bond donors (Lipinski definition) is 1. The van der Waals surface area contributed by atoms with E-state index in [1.54, 1.807) is 13.0 Å². The monoisotopic (exact) mass is 232 g/mol. The average Bonchev–Trinajstić information content (AvgIpc) is 2.32. The van der Waals surface area contributed by atoms with Crippen LogP contribution in [0.25, 0.3) is 0 Å². The summed E-state index contributed by atoms with van der Waals surface area (Å²) in [5, 5.41) is 7.91. The first-order chi connectivity index (χ1) is 8.09. The predicted molar refractivity (Wildman–Crippen MR) is 61.7 cm³/mol. The third kappa shape index (κ3) is 2.29. The molecule has 0 saturated heterocycles. The van der Waals surface area contributed by atoms with E-state index in [-0.39, 0.29) is 0 Å². The summed E-state index contributed by atoms with van der Waals surface area (Å²) in [6.07, 6.45) is 2.68. The van der Waals surface area contributed by atoms with Gasteiger partial charge < -0.3 is 5.73 Å². The third-order valence-electron chi connectivity index (χ3n) is 2.61. The second-order valence-electron chi connectivity index (χ2n) is 3.90. The van der Waals surface area contributed by atoms with Crippen LogP contribution >= 0.6 is 0 Å². The highest BCUT2D eigenvalue weighted by Crippen LogP contribution is 2.23. The van der Waals surface area contributed by atoms with Crippen LogP contribution in [0.15, 0.2) is 24.5 Å². The summed E-state index contributed by atoms with van der Waals surface area (Å²) in [6, 6.07) is 2.86. The van der Waals surface area contributed by atoms with E-state index in [1.165, 1.54) is 6.20 Å². The van der Waals surface area contributed by atoms with E-state index in [9.17, 15) is 4.39 Å². The Morgan fingerprint density at radius 2 is 2.00 bits per heavy atom. The van der Waals surface area contributed by atoms with Crippen molar-refractivity contribution >= 4 is 0 Å². The molecule has 2 heterocycles. The SMILES string of the molecule is Cc1cc(C(N)c2ccncc2F)c(C)nn1. The van der Waals surface area contributed by atoms with Crippen molar-refractivity contribution in [2.45, 2.75) is 19.9 Å². The Labute approximate surface area is 98.7 Å². The van der Waals surface area contributed by atoms with Crippen molar-refractivity contribution < 1.29 is 4.39 Å². The molecule has 2 aromatic heterocycles. The van der Waals surface area contributed by atoms with Crippen molar-refractivity contribution in [2.75, 3.05) is 0 Å². The number of hydrogen-bond acceptors (Lipinski definition) is 4. The smallest absolute Gasteiger partial charge is 0.146 e. The average molecular weight is 232 g/mol. The molecular weight excluding hydrogens is 219 g/mol. The Bertz CT molecular complexity index is 542. The van der Waals surface area contributed by atoms with Gasteiger partial charge in [0.1, 0.15) is 5.82 Å². The molecule has 0 aliphatic rings. The summed E-state index contributed by atoms with van der Waals surface area (Å²) >= 11 is 0. The van der Waals surface area contributed by atoms with Crippen molar-refractivity contribution in [1.82, 2.24) is 15.2 Å². The molecule has 1 atom stereocenters. The van der Waals surface area contributed by atoms with Gasteiger partial charge in [0, 0.05) is 11.8 Å². The molecule has 1 unspecified atom stereocenters. The number of nitrogens with zero attached hydrogens (tertiary/aromatic N) is 3. The van der Waals surface area contributed by atoms with E-state index in [0.717, 1.165) is 17.5 Å². The normalized spacial score (nSPS) is 12.5. The van der Waals surface area contributed by atoms with Gasteiger partial charge in [-0.05, 0) is 31.5 Å². The molecule has 0 bridgehead atoms. The molecule has 0 amide bonds. The topological polar surface area (TPSA) is 64.7 Å². The molecule has 0 aliphatic heterocycles. The Morgan fingerprint density at radius 1 is 1.24 bits per heavy atom. The van der Waals surface area contributed by atoms with Crippen LogP contribution in [0.2, 0.25) is 0 Å². The molecule has 2 N–H and O–H groups in total. The lowest BCUT2D eigenvalue weighted by Crippen LogP contribution is -2.16. The predicted octanol–water partition coefficient (Wildman–Crippen LogP) is 1.68. The van der Waals surface area contributed by atoms with Crippen LogP contribution in [-0.4, -0.2) is 15.2 Å². The molecule has 0 radical (unpaired) electrons. The number of nitrogens with two attached hydrogens (primary N) is 1. The van der Waals surface area contributed by atoms with Crippen LogP contribution < -0.4 is 5.73 Å². The minimum Gasteiger partial charge on any atom is -0.320 e. The standard InChI is InChI=1S/C12H13FN4/c1-7-5-10(8(2)17-16-7)12(14)9-3-4-15-6-11(9)13/h3-6,12H,14H2,1-2H3. The molecule has 0 fully saturated rings. The number of aromatic nitrogens is 3. The summed E-state index contributed by atoms with van der Waals surface area (Å²) in [5.41, 5.74) is 8.71. The van der Waals surface area contributed by atoms with Crippen LogP contribution in [0, 0.1) is 19.7 Å². The zero-order valence-electron chi connectivity index (χ0n) is 9.68. The van der Waals surface area contributed by atoms with E-state index in [2.05, 4.69) is 15.2 Å². The maximum absolute atomic E-state index is 13.6. The minimum absolute atomic E-state index is 0.408. The van der Waals surface area contributed by atoms with Gasteiger partial charge in [-0.1, -0.05) is 0 Å². The van der Waals surface area contributed by atoms with Gasteiger partial charge in [-0.15, -0.1) is 0 Å². The van der Waals surface area contributed by atoms with Gasteiger partial charge in [-0.25, -0.2) is 4.39 Å². The molecular formula is C12H13FN4. The zero-order chi connectivity index (χ0) is 12.4. The first kappa shape index (κ1) is 11.6. The van der Waals surface area contributed by atoms with Crippen LogP contribution in [0.5, 0.6) is 0 Å². The van der Waals surface area contributed by atoms with E-state index < -0.39 is 11.9 Å². The summed E-state index contributed by atoms with van der Waals surface area (Å²) in [6.45, 7) is 3.63. The van der Waals surface area contributed by atoms with Gasteiger partial charge in [0.15, 0.2) is 0 Å². The van der Waals surface area contributed by atoms with Crippen molar-refractivity contribution in [2.24, 2.45) is 5.73 Å². The lowest BCUT2D eigenvalue weighted by Gasteiger charge is -2.15. The van der Waals surface area contributed by atoms with Gasteiger partial charge in [0.05, 0.1) is 23.6 Å². The fourth-order valence-electron chi connectivity index (χ4n) is 1.69. The lowest BCUT2D eigenvalue weighted by molar-refractivity contribution is 0.592. The second-order valence-corrected chi connectivity index (χ2v) is 3.90. The van der Waals surface area contributed by atoms with E-state index in [4.69, 9.17) is 5.73 Å².